The van der Waals surface area contributed by atoms with Crippen LogP contribution in [-0.4, -0.2) is 33.3 Å². The second-order valence-electron chi connectivity index (χ2n) is 3.83. The van der Waals surface area contributed by atoms with Crippen molar-refractivity contribution < 1.29 is 18.3 Å². The lowest BCUT2D eigenvalue weighted by molar-refractivity contribution is 0.198. The molecule has 0 aliphatic heterocycles. The lowest BCUT2D eigenvalue weighted by Crippen LogP contribution is -2.30. The Morgan fingerprint density at radius 2 is 2.12 bits per heavy atom. The molecule has 1 rings (SSSR count). The van der Waals surface area contributed by atoms with Crippen molar-refractivity contribution in [2.24, 2.45) is 0 Å². The van der Waals surface area contributed by atoms with Crippen molar-refractivity contribution in [2.45, 2.75) is 24.8 Å². The van der Waals surface area contributed by atoms with Crippen LogP contribution < -0.4 is 9.46 Å². The number of aryl methyl sites for hydroxylation is 1. The van der Waals surface area contributed by atoms with Gasteiger partial charge in [-0.1, -0.05) is 0 Å². The smallest absolute Gasteiger partial charge is 0.240 e. The third-order valence-electron chi connectivity index (χ3n) is 2.25. The largest absolute Gasteiger partial charge is 0.496 e. The van der Waals surface area contributed by atoms with Gasteiger partial charge in [0.1, 0.15) is 5.75 Å². The molecule has 1 aromatic rings. The molecular formula is C11H17NO4S. The van der Waals surface area contributed by atoms with Gasteiger partial charge in [-0.15, -0.1) is 0 Å². The molecule has 0 amide bonds. The lowest BCUT2D eigenvalue weighted by Gasteiger charge is -2.10. The summed E-state index contributed by atoms with van der Waals surface area (Å²) in [6.07, 6.45) is -0.718. The van der Waals surface area contributed by atoms with Crippen LogP contribution in [0.2, 0.25) is 0 Å². The van der Waals surface area contributed by atoms with Gasteiger partial charge in [-0.05, 0) is 37.6 Å². The van der Waals surface area contributed by atoms with Crippen LogP contribution in [-0.2, 0) is 10.0 Å². The van der Waals surface area contributed by atoms with Crippen LogP contribution in [0.4, 0.5) is 0 Å². The molecule has 1 aromatic carbocycles. The van der Waals surface area contributed by atoms with Crippen LogP contribution in [0.1, 0.15) is 12.5 Å². The van der Waals surface area contributed by atoms with E-state index in [-0.39, 0.29) is 11.4 Å². The Bertz CT molecular complexity index is 482. The molecule has 0 bridgehead atoms. The summed E-state index contributed by atoms with van der Waals surface area (Å²) in [6.45, 7) is 3.28. The van der Waals surface area contributed by atoms with Gasteiger partial charge in [0.05, 0.1) is 18.1 Å². The minimum Gasteiger partial charge on any atom is -0.496 e. The number of aliphatic hydroxyl groups excluding tert-OH is 1. The van der Waals surface area contributed by atoms with E-state index >= 15 is 0 Å². The zero-order valence-corrected chi connectivity index (χ0v) is 10.9. The standard InChI is InChI=1S/C11H17NO4S/c1-8-6-10(4-5-11(8)16-3)17(14,15)12-7-9(2)13/h4-6,9,12-13H,7H2,1-3H3. The summed E-state index contributed by atoms with van der Waals surface area (Å²) in [7, 11) is -2.04. The molecule has 2 N–H and O–H groups in total. The van der Waals surface area contributed by atoms with Crippen molar-refractivity contribution in [1.82, 2.24) is 4.72 Å². The average molecular weight is 259 g/mol. The SMILES string of the molecule is COc1ccc(S(=O)(=O)NCC(C)O)cc1C. The normalized spacial score (nSPS) is 13.4. The quantitative estimate of drug-likeness (QED) is 0.814. The fraction of sp³-hybridized carbons (Fsp3) is 0.455. The average Bonchev–Trinajstić information content (AvgIpc) is 2.26. The highest BCUT2D eigenvalue weighted by Crippen LogP contribution is 2.21. The molecule has 17 heavy (non-hydrogen) atoms. The van der Waals surface area contributed by atoms with Crippen LogP contribution in [0, 0.1) is 6.92 Å². The molecule has 0 aromatic heterocycles. The Morgan fingerprint density at radius 1 is 1.47 bits per heavy atom. The number of rotatable bonds is 5. The first-order chi connectivity index (χ1) is 7.86. The molecule has 0 aliphatic carbocycles. The van der Waals surface area contributed by atoms with Crippen LogP contribution in [0.15, 0.2) is 23.1 Å². The summed E-state index contributed by atoms with van der Waals surface area (Å²) in [5.41, 5.74) is 0.743. The Hall–Kier alpha value is -1.11. The van der Waals surface area contributed by atoms with Gasteiger partial charge in [0, 0.05) is 6.54 Å². The molecule has 0 radical (unpaired) electrons. The van der Waals surface area contributed by atoms with Crippen LogP contribution in [0.5, 0.6) is 5.75 Å². The topological polar surface area (TPSA) is 75.6 Å². The third kappa shape index (κ3) is 3.69. The number of hydrogen-bond donors (Lipinski definition) is 2. The van der Waals surface area contributed by atoms with Crippen LogP contribution >= 0.6 is 0 Å². The van der Waals surface area contributed by atoms with Gasteiger partial charge in [-0.25, -0.2) is 13.1 Å². The lowest BCUT2D eigenvalue weighted by atomic mass is 10.2. The maximum absolute atomic E-state index is 11.8. The molecule has 0 aliphatic rings. The van der Waals surface area contributed by atoms with Crippen LogP contribution in [0.3, 0.4) is 0 Å². The molecule has 0 saturated carbocycles. The summed E-state index contributed by atoms with van der Waals surface area (Å²) < 4.78 is 31.0. The molecule has 0 saturated heterocycles. The molecule has 0 fully saturated rings. The molecule has 96 valence electrons. The summed E-state index contributed by atoms with van der Waals surface area (Å²) in [5.74, 6) is 0.638. The summed E-state index contributed by atoms with van der Waals surface area (Å²) in [4.78, 5) is 0.163. The van der Waals surface area contributed by atoms with E-state index in [0.717, 1.165) is 5.56 Å². The summed E-state index contributed by atoms with van der Waals surface area (Å²) >= 11 is 0. The van der Waals surface area contributed by atoms with Gasteiger partial charge < -0.3 is 9.84 Å². The van der Waals surface area contributed by atoms with E-state index in [1.54, 1.807) is 13.0 Å². The molecule has 5 nitrogen and oxygen atoms in total. The van der Waals surface area contributed by atoms with Crippen molar-refractivity contribution >= 4 is 10.0 Å². The Balaban J connectivity index is 2.96. The Morgan fingerprint density at radius 3 is 2.59 bits per heavy atom. The fourth-order valence-corrected chi connectivity index (χ4v) is 2.54. The van der Waals surface area contributed by atoms with Gasteiger partial charge in [-0.2, -0.15) is 0 Å². The Kier molecular flexibility index (Phi) is 4.50. The van der Waals surface area contributed by atoms with Crippen molar-refractivity contribution in [3.63, 3.8) is 0 Å². The van der Waals surface area contributed by atoms with Gasteiger partial charge in [-0.3, -0.25) is 0 Å². The van der Waals surface area contributed by atoms with Crippen molar-refractivity contribution in [3.05, 3.63) is 23.8 Å². The highest BCUT2D eigenvalue weighted by atomic mass is 32.2. The van der Waals surface area contributed by atoms with Crippen molar-refractivity contribution in [3.8, 4) is 5.75 Å². The minimum atomic E-state index is -3.57. The van der Waals surface area contributed by atoms with E-state index in [2.05, 4.69) is 4.72 Å². The Labute approximate surface area is 101 Å². The first kappa shape index (κ1) is 14.0. The number of sulfonamides is 1. The van der Waals surface area contributed by atoms with Crippen LogP contribution in [0.25, 0.3) is 0 Å². The summed E-state index contributed by atoms with van der Waals surface area (Å²) in [6, 6.07) is 4.60. The molecular weight excluding hydrogens is 242 g/mol. The zero-order valence-electron chi connectivity index (χ0n) is 10.1. The number of methoxy groups -OCH3 is 1. The number of benzene rings is 1. The maximum Gasteiger partial charge on any atom is 0.240 e. The van der Waals surface area contributed by atoms with E-state index in [0.29, 0.717) is 5.75 Å². The second kappa shape index (κ2) is 5.48. The number of nitrogens with one attached hydrogen (secondary N) is 1. The number of hydrogen-bond acceptors (Lipinski definition) is 4. The molecule has 0 spiro atoms. The van der Waals surface area contributed by atoms with E-state index in [4.69, 9.17) is 9.84 Å². The highest BCUT2D eigenvalue weighted by molar-refractivity contribution is 7.89. The second-order valence-corrected chi connectivity index (χ2v) is 5.60. The highest BCUT2D eigenvalue weighted by Gasteiger charge is 2.15. The van der Waals surface area contributed by atoms with Gasteiger partial charge in [0.25, 0.3) is 0 Å². The van der Waals surface area contributed by atoms with Gasteiger partial charge in [0.2, 0.25) is 10.0 Å². The molecule has 1 atom stereocenters. The van der Waals surface area contributed by atoms with Gasteiger partial charge >= 0.3 is 0 Å². The minimum absolute atomic E-state index is 0.00654. The monoisotopic (exact) mass is 259 g/mol. The van der Waals surface area contributed by atoms with E-state index in [1.165, 1.54) is 26.2 Å². The molecule has 0 heterocycles. The first-order valence-corrected chi connectivity index (χ1v) is 6.67. The van der Waals surface area contributed by atoms with Gasteiger partial charge in [0.15, 0.2) is 0 Å². The fourth-order valence-electron chi connectivity index (χ4n) is 1.33. The van der Waals surface area contributed by atoms with E-state index in [1.807, 2.05) is 0 Å². The van der Waals surface area contributed by atoms with E-state index < -0.39 is 16.1 Å². The van der Waals surface area contributed by atoms with E-state index in [9.17, 15) is 8.42 Å². The van der Waals surface area contributed by atoms with Crippen molar-refractivity contribution in [2.75, 3.05) is 13.7 Å². The summed E-state index contributed by atoms with van der Waals surface area (Å²) in [5, 5.41) is 9.05. The molecule has 6 heteroatoms. The predicted octanol–water partition coefficient (Wildman–Crippen LogP) is 0.663. The number of aliphatic hydroxyl groups is 1. The third-order valence-corrected chi connectivity index (χ3v) is 3.67. The number of ether oxygens (including phenoxy) is 1. The molecule has 1 unspecified atom stereocenters. The van der Waals surface area contributed by atoms with Crippen molar-refractivity contribution in [1.29, 1.82) is 0 Å². The zero-order chi connectivity index (χ0) is 13.1. The predicted molar refractivity (Wildman–Crippen MR) is 64.6 cm³/mol. The first-order valence-electron chi connectivity index (χ1n) is 5.19. The maximum atomic E-state index is 11.8.